The lowest BCUT2D eigenvalue weighted by atomic mass is 10.1. The van der Waals surface area contributed by atoms with Gasteiger partial charge in [0.2, 0.25) is 5.91 Å². The van der Waals surface area contributed by atoms with Gasteiger partial charge in [0.05, 0.1) is 28.9 Å². The topological polar surface area (TPSA) is 191 Å². The van der Waals surface area contributed by atoms with Crippen LogP contribution in [0, 0.1) is 0 Å². The van der Waals surface area contributed by atoms with Crippen LogP contribution in [0.25, 0.3) is 0 Å². The molecule has 0 bridgehead atoms. The highest BCUT2D eigenvalue weighted by atomic mass is 32.2. The van der Waals surface area contributed by atoms with E-state index in [1.807, 2.05) is 6.26 Å². The average molecular weight is 644 g/mol. The first-order valence-electron chi connectivity index (χ1n) is 13.0. The lowest BCUT2D eigenvalue weighted by Gasteiger charge is -2.19. The molecule has 0 aliphatic carbocycles. The number of esters is 1. The van der Waals surface area contributed by atoms with Gasteiger partial charge in [-0.05, 0) is 68.3 Å². The second-order valence-corrected chi connectivity index (χ2v) is 11.6. The summed E-state index contributed by atoms with van der Waals surface area (Å²) >= 11 is 1.45. The number of amides is 2. The van der Waals surface area contributed by atoms with E-state index < -0.39 is 38.6 Å². The Bertz CT molecular complexity index is 1620. The second-order valence-electron chi connectivity index (χ2n) is 8.63. The molecule has 1 atom stereocenters. The van der Waals surface area contributed by atoms with Gasteiger partial charge in [-0.2, -0.15) is 0 Å². The van der Waals surface area contributed by atoms with Crippen LogP contribution in [-0.2, 0) is 24.2 Å². The highest BCUT2D eigenvalue weighted by Crippen LogP contribution is 2.37. The van der Waals surface area contributed by atoms with Crippen LogP contribution in [0.15, 0.2) is 76.5 Å². The lowest BCUT2D eigenvalue weighted by Crippen LogP contribution is -2.34. The van der Waals surface area contributed by atoms with Crippen LogP contribution < -0.4 is 21.1 Å². The van der Waals surface area contributed by atoms with Crippen LogP contribution in [-0.4, -0.2) is 69.5 Å². The number of nitrogens with two attached hydrogens (primary N) is 1. The summed E-state index contributed by atoms with van der Waals surface area (Å²) in [6.07, 6.45) is 2.83. The largest absolute Gasteiger partial charge is 0.506 e. The first-order valence-corrected chi connectivity index (χ1v) is 15.8. The van der Waals surface area contributed by atoms with E-state index in [9.17, 15) is 32.7 Å². The molecular formula is C30H33N3O9S2. The minimum absolute atomic E-state index is 0.0181. The Labute approximate surface area is 259 Å². The Kier molecular flexibility index (Phi) is 13.6. The molecule has 0 fully saturated rings. The van der Waals surface area contributed by atoms with Crippen LogP contribution >= 0.6 is 11.8 Å². The number of rotatable bonds is 12. The number of ether oxygens (including phenoxy) is 2. The Morgan fingerprint density at radius 3 is 2.16 bits per heavy atom. The van der Waals surface area contributed by atoms with Gasteiger partial charge in [-0.15, -0.1) is 11.8 Å². The molecule has 234 valence electrons. The van der Waals surface area contributed by atoms with Gasteiger partial charge in [0.1, 0.15) is 29.3 Å². The van der Waals surface area contributed by atoms with Crippen molar-refractivity contribution in [3.63, 3.8) is 0 Å². The van der Waals surface area contributed by atoms with E-state index >= 15 is 0 Å². The number of benzene rings is 3. The van der Waals surface area contributed by atoms with Gasteiger partial charge in [0, 0.05) is 28.7 Å². The third-order valence-electron chi connectivity index (χ3n) is 6.00. The summed E-state index contributed by atoms with van der Waals surface area (Å²) in [6.45, 7) is 1.29. The van der Waals surface area contributed by atoms with E-state index in [2.05, 4.69) is 21.1 Å². The maximum Gasteiger partial charge on any atom is 0.337 e. The van der Waals surface area contributed by atoms with Crippen LogP contribution in [0.4, 0.5) is 11.4 Å². The Morgan fingerprint density at radius 1 is 1.00 bits per heavy atom. The Hall–Kier alpha value is -4.62. The molecule has 0 saturated heterocycles. The number of phenolic OH excluding ortho intramolecular Hbond substituents is 1. The molecule has 0 heterocycles. The molecule has 0 spiro atoms. The van der Waals surface area contributed by atoms with Gasteiger partial charge in [-0.25, -0.2) is 18.0 Å². The van der Waals surface area contributed by atoms with Crippen LogP contribution in [0.2, 0.25) is 0 Å². The van der Waals surface area contributed by atoms with Gasteiger partial charge in [-0.3, -0.25) is 9.59 Å². The van der Waals surface area contributed by atoms with Crippen molar-refractivity contribution in [3.05, 3.63) is 77.9 Å². The number of hydrogen-bond donors (Lipinski definition) is 4. The van der Waals surface area contributed by atoms with Crippen molar-refractivity contribution in [1.29, 1.82) is 0 Å². The molecule has 12 nitrogen and oxygen atoms in total. The molecule has 3 aromatic carbocycles. The average Bonchev–Trinajstić information content (AvgIpc) is 3.03. The third kappa shape index (κ3) is 8.94. The van der Waals surface area contributed by atoms with Gasteiger partial charge >= 0.3 is 5.97 Å². The molecule has 14 heteroatoms. The van der Waals surface area contributed by atoms with Gasteiger partial charge in [0.15, 0.2) is 9.84 Å². The number of carbonyl (C=O) groups is 3. The molecule has 0 saturated carbocycles. The summed E-state index contributed by atoms with van der Waals surface area (Å²) in [5.74, 6) is -1.07. The summed E-state index contributed by atoms with van der Waals surface area (Å²) in [7, 11) is -1.34. The standard InChI is InChI=1S/C29H28N2O9S2.CH5N/c1-4-26(42(37,38)21-12-10-20(41-3)11-13-21)28(35)31-23-16-24(33)22(17-25(23)40-15-5-14-32)30-27(34)18-6-8-19(9-7-18)29(36)39-2;1-2/h5-13,16-17,26,33H,4,15H2,1-3H3,(H,30,34)(H,31,35);2H2,1H3. The Morgan fingerprint density at radius 2 is 1.61 bits per heavy atom. The molecular weight excluding hydrogens is 610 g/mol. The summed E-state index contributed by atoms with van der Waals surface area (Å²) in [5, 5.41) is 14.2. The van der Waals surface area contributed by atoms with E-state index in [1.54, 1.807) is 25.0 Å². The summed E-state index contributed by atoms with van der Waals surface area (Å²) < 4.78 is 36.7. The zero-order valence-electron chi connectivity index (χ0n) is 24.4. The predicted molar refractivity (Wildman–Crippen MR) is 168 cm³/mol. The fourth-order valence-electron chi connectivity index (χ4n) is 3.81. The van der Waals surface area contributed by atoms with E-state index in [0.29, 0.717) is 0 Å². The molecule has 44 heavy (non-hydrogen) atoms. The molecule has 5 N–H and O–H groups in total. The van der Waals surface area contributed by atoms with Crippen molar-refractivity contribution in [2.24, 2.45) is 5.73 Å². The molecule has 2 amide bonds. The number of aromatic hydroxyl groups is 1. The highest BCUT2D eigenvalue weighted by molar-refractivity contribution is 7.98. The molecule has 0 aliphatic heterocycles. The number of phenols is 1. The van der Waals surface area contributed by atoms with Crippen molar-refractivity contribution in [3.8, 4) is 11.5 Å². The monoisotopic (exact) mass is 643 g/mol. The number of thioether (sulfide) groups is 1. The fraction of sp³-hybridized carbons (Fsp3) is 0.233. The first-order chi connectivity index (χ1) is 21.0. The van der Waals surface area contributed by atoms with Crippen molar-refractivity contribution in [2.45, 2.75) is 28.4 Å². The van der Waals surface area contributed by atoms with E-state index in [-0.39, 0.29) is 46.2 Å². The number of methoxy groups -OCH3 is 1. The van der Waals surface area contributed by atoms with Crippen LogP contribution in [0.1, 0.15) is 34.1 Å². The maximum atomic E-state index is 13.3. The molecule has 0 aromatic heterocycles. The highest BCUT2D eigenvalue weighted by Gasteiger charge is 2.33. The van der Waals surface area contributed by atoms with Crippen molar-refractivity contribution in [1.82, 2.24) is 0 Å². The van der Waals surface area contributed by atoms with Gasteiger partial charge in [0.25, 0.3) is 5.91 Å². The van der Waals surface area contributed by atoms with E-state index in [4.69, 9.17) is 4.74 Å². The number of sulfone groups is 1. The smallest absolute Gasteiger partial charge is 0.337 e. The molecule has 0 radical (unpaired) electrons. The number of hydrogen-bond acceptors (Lipinski definition) is 11. The van der Waals surface area contributed by atoms with Crippen molar-refractivity contribution in [2.75, 3.05) is 37.7 Å². The predicted octanol–water partition coefficient (Wildman–Crippen LogP) is 3.69. The zero-order chi connectivity index (χ0) is 32.9. The maximum absolute atomic E-state index is 13.3. The minimum atomic E-state index is -4.07. The summed E-state index contributed by atoms with van der Waals surface area (Å²) in [6, 6.07) is 14.0. The van der Waals surface area contributed by atoms with Crippen LogP contribution in [0.3, 0.4) is 0 Å². The second kappa shape index (κ2) is 16.9. The molecule has 0 aliphatic rings. The van der Waals surface area contributed by atoms with E-state index in [0.717, 1.165) is 17.0 Å². The lowest BCUT2D eigenvalue weighted by molar-refractivity contribution is -0.115. The van der Waals surface area contributed by atoms with Crippen LogP contribution in [0.5, 0.6) is 11.5 Å². The van der Waals surface area contributed by atoms with Crippen molar-refractivity contribution < 1.29 is 42.2 Å². The Balaban J connectivity index is 0.00000330. The molecule has 1 unspecified atom stereocenters. The van der Waals surface area contributed by atoms with E-state index in [1.165, 1.54) is 68.4 Å². The zero-order valence-corrected chi connectivity index (χ0v) is 26.1. The normalized spacial score (nSPS) is 11.1. The molecule has 3 aromatic rings. The quantitative estimate of drug-likeness (QED) is 0.0974. The minimum Gasteiger partial charge on any atom is -0.506 e. The molecule has 3 rings (SSSR count). The van der Waals surface area contributed by atoms with Gasteiger partial charge in [-0.1, -0.05) is 6.92 Å². The fourth-order valence-corrected chi connectivity index (χ4v) is 5.84. The third-order valence-corrected chi connectivity index (χ3v) is 8.97. The summed E-state index contributed by atoms with van der Waals surface area (Å²) in [5.41, 5.74) is 4.70. The number of anilines is 2. The summed E-state index contributed by atoms with van der Waals surface area (Å²) in [4.78, 5) is 49.1. The number of carbonyl (C=O) groups excluding carboxylic acids is 4. The van der Waals surface area contributed by atoms with Gasteiger partial charge < -0.3 is 30.9 Å². The number of nitrogens with one attached hydrogen (secondary N) is 2. The van der Waals surface area contributed by atoms with Crippen molar-refractivity contribution >= 4 is 56.7 Å². The first kappa shape index (κ1) is 35.6. The SMILES string of the molecule is CCC(C(=O)Nc1cc(O)c(NC(=O)c2ccc(C(=O)OC)cc2)cc1OCC=C=O)S(=O)(=O)c1ccc(SC)cc1.CN.